The molecule has 1 fully saturated rings. The lowest BCUT2D eigenvalue weighted by atomic mass is 10.1. The fourth-order valence-corrected chi connectivity index (χ4v) is 4.38. The average Bonchev–Trinajstić information content (AvgIpc) is 2.82. The third-order valence-corrected chi connectivity index (χ3v) is 6.38. The molecule has 1 saturated heterocycles. The maximum Gasteiger partial charge on any atom is 0.261 e. The molecule has 0 radical (unpaired) electrons. The minimum absolute atomic E-state index is 0.0696. The van der Waals surface area contributed by atoms with Crippen LogP contribution in [-0.2, 0) is 6.54 Å². The number of hydrogen-bond donors (Lipinski definition) is 0. The van der Waals surface area contributed by atoms with E-state index >= 15 is 0 Å². The second-order valence-corrected chi connectivity index (χ2v) is 8.56. The Hall–Kier alpha value is -1.24. The SMILES string of the molecule is CCC[C@H](c1nc2ccc(Br)cc2c(=O)n1CC)N1CCC(C)N(C)CC1. The van der Waals surface area contributed by atoms with Crippen molar-refractivity contribution in [3.8, 4) is 0 Å². The molecule has 1 unspecified atom stereocenters. The molecule has 6 heteroatoms. The number of aromatic nitrogens is 2. The van der Waals surface area contributed by atoms with Crippen molar-refractivity contribution in [1.29, 1.82) is 0 Å². The lowest BCUT2D eigenvalue weighted by Crippen LogP contribution is -2.37. The van der Waals surface area contributed by atoms with E-state index in [0.717, 1.165) is 54.7 Å². The second kappa shape index (κ2) is 8.84. The summed E-state index contributed by atoms with van der Waals surface area (Å²) in [7, 11) is 2.21. The summed E-state index contributed by atoms with van der Waals surface area (Å²) in [5.74, 6) is 0.927. The molecule has 1 aliphatic heterocycles. The van der Waals surface area contributed by atoms with Crippen LogP contribution in [0.5, 0.6) is 0 Å². The number of rotatable bonds is 5. The summed E-state index contributed by atoms with van der Waals surface area (Å²) in [5, 5.41) is 0.689. The number of halogens is 1. The van der Waals surface area contributed by atoms with Gasteiger partial charge in [-0.05, 0) is 51.9 Å². The van der Waals surface area contributed by atoms with Gasteiger partial charge in [-0.15, -0.1) is 0 Å². The Labute approximate surface area is 170 Å². The number of fused-ring (bicyclic) bond motifs is 1. The van der Waals surface area contributed by atoms with Crippen molar-refractivity contribution >= 4 is 26.8 Å². The standard InChI is InChI=1S/C21H31BrN4O/c1-5-7-19(25-11-10-15(3)24(4)12-13-25)20-23-18-9-8-16(22)14-17(18)21(27)26(20)6-2/h8-9,14-15,19H,5-7,10-13H2,1-4H3/t15?,19-/m1/s1. The molecular weight excluding hydrogens is 404 g/mol. The van der Waals surface area contributed by atoms with E-state index in [2.05, 4.69) is 46.6 Å². The first kappa shape index (κ1) is 20.5. The molecule has 2 heterocycles. The fraction of sp³-hybridized carbons (Fsp3) is 0.619. The summed E-state index contributed by atoms with van der Waals surface area (Å²) in [6.07, 6.45) is 3.24. The summed E-state index contributed by atoms with van der Waals surface area (Å²) < 4.78 is 2.80. The predicted molar refractivity (Wildman–Crippen MR) is 115 cm³/mol. The van der Waals surface area contributed by atoms with Crippen molar-refractivity contribution in [3.05, 3.63) is 38.9 Å². The Morgan fingerprint density at radius 1 is 1.26 bits per heavy atom. The van der Waals surface area contributed by atoms with Crippen LogP contribution in [0.4, 0.5) is 0 Å². The van der Waals surface area contributed by atoms with E-state index in [1.807, 2.05) is 29.7 Å². The monoisotopic (exact) mass is 434 g/mol. The zero-order chi connectivity index (χ0) is 19.6. The first-order chi connectivity index (χ1) is 13.0. The van der Waals surface area contributed by atoms with E-state index in [1.165, 1.54) is 0 Å². The van der Waals surface area contributed by atoms with E-state index in [-0.39, 0.29) is 11.6 Å². The minimum atomic E-state index is 0.0696. The van der Waals surface area contributed by atoms with Crippen LogP contribution in [0.25, 0.3) is 10.9 Å². The van der Waals surface area contributed by atoms with Crippen LogP contribution in [0.15, 0.2) is 27.5 Å². The van der Waals surface area contributed by atoms with Gasteiger partial charge >= 0.3 is 0 Å². The molecule has 27 heavy (non-hydrogen) atoms. The average molecular weight is 435 g/mol. The van der Waals surface area contributed by atoms with Crippen LogP contribution in [0.1, 0.15) is 51.9 Å². The molecule has 148 valence electrons. The molecule has 3 rings (SSSR count). The molecule has 0 N–H and O–H groups in total. The number of nitrogens with zero attached hydrogens (tertiary/aromatic N) is 4. The molecule has 0 spiro atoms. The van der Waals surface area contributed by atoms with Gasteiger partial charge < -0.3 is 4.90 Å². The predicted octanol–water partition coefficient (Wildman–Crippen LogP) is 4.05. The Bertz CT molecular complexity index is 838. The number of hydrogen-bond acceptors (Lipinski definition) is 4. The highest BCUT2D eigenvalue weighted by atomic mass is 79.9. The van der Waals surface area contributed by atoms with Gasteiger partial charge in [0.15, 0.2) is 0 Å². The Morgan fingerprint density at radius 3 is 2.74 bits per heavy atom. The summed E-state index contributed by atoms with van der Waals surface area (Å²) >= 11 is 3.48. The maximum atomic E-state index is 13.2. The normalized spacial score (nSPS) is 20.7. The number of likely N-dealkylation sites (N-methyl/N-ethyl adjacent to an activating group) is 1. The number of benzene rings is 1. The van der Waals surface area contributed by atoms with Gasteiger partial charge in [0.1, 0.15) is 5.82 Å². The maximum absolute atomic E-state index is 13.2. The van der Waals surface area contributed by atoms with Crippen LogP contribution in [0.3, 0.4) is 0 Å². The highest BCUT2D eigenvalue weighted by Crippen LogP contribution is 2.27. The van der Waals surface area contributed by atoms with Gasteiger partial charge in [-0.2, -0.15) is 0 Å². The summed E-state index contributed by atoms with van der Waals surface area (Å²) in [6, 6.07) is 6.58. The van der Waals surface area contributed by atoms with Crippen molar-refractivity contribution in [2.45, 2.75) is 58.7 Å². The van der Waals surface area contributed by atoms with Crippen molar-refractivity contribution < 1.29 is 0 Å². The molecule has 1 aromatic carbocycles. The lowest BCUT2D eigenvalue weighted by Gasteiger charge is -2.31. The van der Waals surface area contributed by atoms with Crippen LogP contribution in [0.2, 0.25) is 0 Å². The Balaban J connectivity index is 2.08. The fourth-order valence-electron chi connectivity index (χ4n) is 4.02. The van der Waals surface area contributed by atoms with Crippen molar-refractivity contribution in [2.75, 3.05) is 26.7 Å². The zero-order valence-corrected chi connectivity index (χ0v) is 18.5. The smallest absolute Gasteiger partial charge is 0.261 e. The van der Waals surface area contributed by atoms with Crippen molar-refractivity contribution in [1.82, 2.24) is 19.4 Å². The van der Waals surface area contributed by atoms with Gasteiger partial charge in [-0.1, -0.05) is 29.3 Å². The minimum Gasteiger partial charge on any atom is -0.302 e. The summed E-state index contributed by atoms with van der Waals surface area (Å²) in [5.41, 5.74) is 0.865. The van der Waals surface area contributed by atoms with E-state index < -0.39 is 0 Å². The topological polar surface area (TPSA) is 41.4 Å². The van der Waals surface area contributed by atoms with E-state index in [9.17, 15) is 4.79 Å². The summed E-state index contributed by atoms with van der Waals surface area (Å²) in [6.45, 7) is 10.3. The quantitative estimate of drug-likeness (QED) is 0.711. The van der Waals surface area contributed by atoms with E-state index in [4.69, 9.17) is 4.98 Å². The van der Waals surface area contributed by atoms with Gasteiger partial charge in [0, 0.05) is 36.7 Å². The van der Waals surface area contributed by atoms with Gasteiger partial charge in [0.25, 0.3) is 5.56 Å². The van der Waals surface area contributed by atoms with Gasteiger partial charge in [0.2, 0.25) is 0 Å². The van der Waals surface area contributed by atoms with Crippen LogP contribution >= 0.6 is 15.9 Å². The Kier molecular flexibility index (Phi) is 6.71. The largest absolute Gasteiger partial charge is 0.302 e. The first-order valence-corrected chi connectivity index (χ1v) is 10.9. The molecule has 1 aromatic heterocycles. The van der Waals surface area contributed by atoms with E-state index in [1.54, 1.807) is 0 Å². The highest BCUT2D eigenvalue weighted by Gasteiger charge is 2.28. The van der Waals surface area contributed by atoms with E-state index in [0.29, 0.717) is 18.0 Å². The molecule has 0 aliphatic carbocycles. The Morgan fingerprint density at radius 2 is 2.04 bits per heavy atom. The first-order valence-electron chi connectivity index (χ1n) is 10.1. The molecule has 5 nitrogen and oxygen atoms in total. The molecule has 2 aromatic rings. The van der Waals surface area contributed by atoms with Crippen LogP contribution in [-0.4, -0.2) is 52.1 Å². The molecule has 0 bridgehead atoms. The van der Waals surface area contributed by atoms with Crippen molar-refractivity contribution in [2.24, 2.45) is 0 Å². The van der Waals surface area contributed by atoms with Crippen molar-refractivity contribution in [3.63, 3.8) is 0 Å². The van der Waals surface area contributed by atoms with Gasteiger partial charge in [-0.25, -0.2) is 4.98 Å². The summed E-state index contributed by atoms with van der Waals surface area (Å²) in [4.78, 5) is 23.1. The molecule has 0 saturated carbocycles. The third-order valence-electron chi connectivity index (χ3n) is 5.89. The molecular formula is C21H31BrN4O. The van der Waals surface area contributed by atoms with Gasteiger partial charge in [-0.3, -0.25) is 14.3 Å². The van der Waals surface area contributed by atoms with Gasteiger partial charge in [0.05, 0.1) is 16.9 Å². The zero-order valence-electron chi connectivity index (χ0n) is 16.9. The lowest BCUT2D eigenvalue weighted by molar-refractivity contribution is 0.180. The molecule has 0 amide bonds. The third kappa shape index (κ3) is 4.28. The molecule has 2 atom stereocenters. The van der Waals surface area contributed by atoms with Crippen LogP contribution < -0.4 is 5.56 Å². The van der Waals surface area contributed by atoms with Crippen LogP contribution in [0, 0.1) is 0 Å². The highest BCUT2D eigenvalue weighted by molar-refractivity contribution is 9.10. The molecule has 1 aliphatic rings. The second-order valence-electron chi connectivity index (χ2n) is 7.64.